The molecule has 11 heteroatoms. The Hall–Kier alpha value is -3.56. The molecule has 0 aromatic heterocycles. The van der Waals surface area contributed by atoms with Gasteiger partial charge in [0.05, 0.1) is 31.3 Å². The number of amides is 1. The maximum Gasteiger partial charge on any atom is 0.407 e. The number of rotatable bonds is 13. The molecular weight excluding hydrogens is 566 g/mol. The van der Waals surface area contributed by atoms with Gasteiger partial charge in [-0.25, -0.2) is 4.79 Å². The Morgan fingerprint density at radius 2 is 1.86 bits per heavy atom. The fourth-order valence-corrected chi connectivity index (χ4v) is 6.70. The van der Waals surface area contributed by atoms with Crippen LogP contribution < -0.4 is 19.5 Å². The summed E-state index contributed by atoms with van der Waals surface area (Å²) in [5.41, 5.74) is 1.98. The van der Waals surface area contributed by atoms with E-state index in [4.69, 9.17) is 33.7 Å². The van der Waals surface area contributed by atoms with Crippen molar-refractivity contribution < 1.29 is 38.3 Å². The highest BCUT2D eigenvalue weighted by Gasteiger charge is 2.44. The zero-order chi connectivity index (χ0) is 30.3. The Kier molecular flexibility index (Phi) is 10.0. The third kappa shape index (κ3) is 7.74. The van der Waals surface area contributed by atoms with E-state index in [-0.39, 0.29) is 31.7 Å². The van der Waals surface area contributed by atoms with Gasteiger partial charge in [-0.2, -0.15) is 5.26 Å². The van der Waals surface area contributed by atoms with E-state index in [1.54, 1.807) is 12.1 Å². The number of aliphatic hydroxyl groups is 1. The van der Waals surface area contributed by atoms with Crippen LogP contribution >= 0.6 is 0 Å². The lowest BCUT2D eigenvalue weighted by Gasteiger charge is -2.32. The number of nitrogens with zero attached hydrogens (tertiary/aromatic N) is 2. The molecule has 0 bridgehead atoms. The lowest BCUT2D eigenvalue weighted by molar-refractivity contribution is -0.0907. The Morgan fingerprint density at radius 3 is 2.68 bits per heavy atom. The SMILES string of the molecule is N#CCOc1ccc(CC(NC(=O)OC2COC3OCCC23)C(O)CN(Cc2ccc3c(c2)OCO3)CC2CCCC2)cc1. The zero-order valence-corrected chi connectivity index (χ0v) is 24.9. The van der Waals surface area contributed by atoms with Crippen LogP contribution in [0.3, 0.4) is 0 Å². The summed E-state index contributed by atoms with van der Waals surface area (Å²) in [5, 5.41) is 23.5. The van der Waals surface area contributed by atoms with Gasteiger partial charge in [-0.15, -0.1) is 0 Å². The van der Waals surface area contributed by atoms with Crippen molar-refractivity contribution in [3.8, 4) is 23.3 Å². The van der Waals surface area contributed by atoms with E-state index in [0.29, 0.717) is 44.4 Å². The number of hydrogen-bond acceptors (Lipinski definition) is 10. The van der Waals surface area contributed by atoms with Crippen LogP contribution in [0.4, 0.5) is 4.79 Å². The number of benzene rings is 2. The summed E-state index contributed by atoms with van der Waals surface area (Å²) in [6.07, 6.45) is 3.81. The summed E-state index contributed by atoms with van der Waals surface area (Å²) in [6.45, 7) is 2.93. The molecule has 4 aliphatic rings. The zero-order valence-electron chi connectivity index (χ0n) is 24.9. The van der Waals surface area contributed by atoms with E-state index in [1.165, 1.54) is 25.7 Å². The maximum absolute atomic E-state index is 13.2. The molecular formula is C33H41N3O8. The van der Waals surface area contributed by atoms with Gasteiger partial charge in [0, 0.05) is 19.6 Å². The number of aliphatic hydroxyl groups excluding tert-OH is 1. The molecule has 3 fully saturated rings. The predicted molar refractivity (Wildman–Crippen MR) is 158 cm³/mol. The van der Waals surface area contributed by atoms with Gasteiger partial charge in [0.2, 0.25) is 6.79 Å². The van der Waals surface area contributed by atoms with Gasteiger partial charge in [-0.05, 0) is 67.0 Å². The average Bonchev–Trinajstić information content (AvgIpc) is 3.84. The lowest BCUT2D eigenvalue weighted by Crippen LogP contribution is -2.50. The quantitative estimate of drug-likeness (QED) is 0.347. The highest BCUT2D eigenvalue weighted by molar-refractivity contribution is 5.68. The predicted octanol–water partition coefficient (Wildman–Crippen LogP) is 3.77. The van der Waals surface area contributed by atoms with Gasteiger partial charge in [0.1, 0.15) is 17.9 Å². The summed E-state index contributed by atoms with van der Waals surface area (Å²) >= 11 is 0. The molecule has 1 amide bonds. The third-order valence-electron chi connectivity index (χ3n) is 8.97. The standard InChI is InChI=1S/C33H41N3O8/c34-12-14-39-25-8-5-22(6-9-25)15-27(35-33(38)44-31-20-41-32-26(31)11-13-40-32)28(37)19-36(17-23-3-1-2-4-23)18-24-7-10-29-30(16-24)43-21-42-29/h5-10,16,23,26-28,31-32,37H,1-4,11,13-15,17-21H2,(H,35,38). The van der Waals surface area contributed by atoms with Crippen molar-refractivity contribution in [1.29, 1.82) is 5.26 Å². The second-order valence-corrected chi connectivity index (χ2v) is 12.1. The van der Waals surface area contributed by atoms with Crippen molar-refractivity contribution in [3.63, 3.8) is 0 Å². The normalized spacial score (nSPS) is 23.7. The van der Waals surface area contributed by atoms with Crippen LogP contribution in [-0.4, -0.2) is 80.3 Å². The second-order valence-electron chi connectivity index (χ2n) is 12.1. The number of nitriles is 1. The Labute approximate surface area is 257 Å². The first kappa shape index (κ1) is 30.5. The second kappa shape index (κ2) is 14.5. The molecule has 2 aromatic rings. The molecule has 5 unspecified atom stereocenters. The number of hydrogen-bond donors (Lipinski definition) is 2. The van der Waals surface area contributed by atoms with Crippen molar-refractivity contribution in [1.82, 2.24) is 10.2 Å². The first-order valence-electron chi connectivity index (χ1n) is 15.6. The van der Waals surface area contributed by atoms with Crippen molar-refractivity contribution in [2.24, 2.45) is 11.8 Å². The Morgan fingerprint density at radius 1 is 1.07 bits per heavy atom. The summed E-state index contributed by atoms with van der Waals surface area (Å²) in [4.78, 5) is 15.5. The lowest BCUT2D eigenvalue weighted by atomic mass is 9.99. The summed E-state index contributed by atoms with van der Waals surface area (Å²) in [6, 6.07) is 14.7. The molecule has 3 heterocycles. The van der Waals surface area contributed by atoms with Crippen molar-refractivity contribution in [2.45, 2.75) is 69.6 Å². The van der Waals surface area contributed by atoms with Crippen molar-refractivity contribution in [3.05, 3.63) is 53.6 Å². The molecule has 5 atom stereocenters. The first-order chi connectivity index (χ1) is 21.5. The molecule has 0 radical (unpaired) electrons. The molecule has 2 saturated heterocycles. The molecule has 3 aliphatic heterocycles. The number of fused-ring (bicyclic) bond motifs is 2. The van der Waals surface area contributed by atoms with E-state index in [0.717, 1.165) is 35.6 Å². The molecule has 1 aliphatic carbocycles. The monoisotopic (exact) mass is 607 g/mol. The fourth-order valence-electron chi connectivity index (χ4n) is 6.70. The largest absolute Gasteiger partial charge is 0.479 e. The summed E-state index contributed by atoms with van der Waals surface area (Å²) in [7, 11) is 0. The third-order valence-corrected chi connectivity index (χ3v) is 8.97. The smallest absolute Gasteiger partial charge is 0.407 e. The number of ether oxygens (including phenoxy) is 6. The minimum atomic E-state index is -0.880. The van der Waals surface area contributed by atoms with Gasteiger partial charge in [0.15, 0.2) is 24.4 Å². The van der Waals surface area contributed by atoms with Crippen molar-refractivity contribution >= 4 is 6.09 Å². The number of carbonyl (C=O) groups is 1. The fraction of sp³-hybridized carbons (Fsp3) is 0.576. The summed E-state index contributed by atoms with van der Waals surface area (Å²) in [5.74, 6) is 2.65. The molecule has 0 spiro atoms. The van der Waals surface area contributed by atoms with Crippen LogP contribution in [0.2, 0.25) is 0 Å². The van der Waals surface area contributed by atoms with Gasteiger partial charge < -0.3 is 38.8 Å². The number of alkyl carbamates (subject to hydrolysis) is 1. The van der Waals surface area contributed by atoms with Crippen LogP contribution in [0.5, 0.6) is 17.2 Å². The molecule has 6 rings (SSSR count). The highest BCUT2D eigenvalue weighted by atomic mass is 16.7. The van der Waals surface area contributed by atoms with E-state index >= 15 is 0 Å². The average molecular weight is 608 g/mol. The molecule has 11 nitrogen and oxygen atoms in total. The van der Waals surface area contributed by atoms with Gasteiger partial charge >= 0.3 is 6.09 Å². The first-order valence-corrected chi connectivity index (χ1v) is 15.6. The van der Waals surface area contributed by atoms with Crippen LogP contribution in [0.15, 0.2) is 42.5 Å². The Bertz CT molecular complexity index is 1290. The molecule has 44 heavy (non-hydrogen) atoms. The maximum atomic E-state index is 13.2. The Balaban J connectivity index is 1.15. The minimum Gasteiger partial charge on any atom is -0.479 e. The van der Waals surface area contributed by atoms with Gasteiger partial charge in [0.25, 0.3) is 0 Å². The highest BCUT2D eigenvalue weighted by Crippen LogP contribution is 2.34. The topological polar surface area (TPSA) is 132 Å². The van der Waals surface area contributed by atoms with Crippen molar-refractivity contribution in [2.75, 3.05) is 39.7 Å². The van der Waals surface area contributed by atoms with Crippen LogP contribution in [-0.2, 0) is 27.2 Å². The van der Waals surface area contributed by atoms with Gasteiger partial charge in [-0.3, -0.25) is 4.90 Å². The summed E-state index contributed by atoms with van der Waals surface area (Å²) < 4.78 is 33.5. The van der Waals surface area contributed by atoms with Gasteiger partial charge in [-0.1, -0.05) is 31.0 Å². The number of nitrogens with one attached hydrogen (secondary N) is 1. The van der Waals surface area contributed by atoms with Crippen LogP contribution in [0.25, 0.3) is 0 Å². The number of carbonyl (C=O) groups excluding carboxylic acids is 1. The van der Waals surface area contributed by atoms with E-state index in [2.05, 4.69) is 10.2 Å². The van der Waals surface area contributed by atoms with E-state index < -0.39 is 18.2 Å². The molecule has 2 aromatic carbocycles. The molecule has 2 N–H and O–H groups in total. The van der Waals surface area contributed by atoms with Crippen LogP contribution in [0.1, 0.15) is 43.2 Å². The van der Waals surface area contributed by atoms with E-state index in [1.807, 2.05) is 36.4 Å². The molecule has 1 saturated carbocycles. The van der Waals surface area contributed by atoms with Crippen LogP contribution in [0, 0.1) is 23.2 Å². The molecule has 236 valence electrons. The van der Waals surface area contributed by atoms with E-state index in [9.17, 15) is 9.90 Å². The minimum absolute atomic E-state index is 0.0219.